The van der Waals surface area contributed by atoms with E-state index < -0.39 is 12.1 Å². The molecule has 0 fully saturated rings. The lowest BCUT2D eigenvalue weighted by atomic mass is 10.1. The Morgan fingerprint density at radius 1 is 1.14 bits per heavy atom. The van der Waals surface area contributed by atoms with Gasteiger partial charge in [-0.15, -0.1) is 0 Å². The van der Waals surface area contributed by atoms with Gasteiger partial charge < -0.3 is 23.8 Å². The van der Waals surface area contributed by atoms with E-state index in [0.717, 1.165) is 5.69 Å². The molecule has 0 unspecified atom stereocenters. The molecule has 0 saturated carbocycles. The number of fused-ring (bicyclic) bond motifs is 1. The van der Waals surface area contributed by atoms with Gasteiger partial charge in [0.25, 0.3) is 5.91 Å². The van der Waals surface area contributed by atoms with Gasteiger partial charge in [-0.05, 0) is 38.1 Å². The number of carbonyl (C=O) groups excluding carboxylic acids is 2. The zero-order valence-electron chi connectivity index (χ0n) is 16.1. The second-order valence-electron chi connectivity index (χ2n) is 6.17. The summed E-state index contributed by atoms with van der Waals surface area (Å²) in [6.07, 6.45) is -0.952. The Morgan fingerprint density at radius 3 is 2.54 bits per heavy atom. The Morgan fingerprint density at radius 2 is 1.86 bits per heavy atom. The van der Waals surface area contributed by atoms with Crippen molar-refractivity contribution in [2.24, 2.45) is 0 Å². The molecule has 1 aliphatic heterocycles. The molecule has 148 valence electrons. The maximum atomic E-state index is 12.8. The molecule has 0 bridgehead atoms. The second-order valence-corrected chi connectivity index (χ2v) is 6.17. The fraction of sp³-hybridized carbons (Fsp3) is 0.333. The molecular formula is C21H23NO6. The van der Waals surface area contributed by atoms with E-state index in [2.05, 4.69) is 0 Å². The Bertz CT molecular complexity index is 834. The van der Waals surface area contributed by atoms with Crippen LogP contribution in [-0.2, 0) is 9.53 Å². The van der Waals surface area contributed by atoms with Gasteiger partial charge in [-0.2, -0.15) is 0 Å². The smallest absolute Gasteiger partial charge is 0.339 e. The zero-order chi connectivity index (χ0) is 20.1. The maximum Gasteiger partial charge on any atom is 0.339 e. The molecule has 0 aromatic heterocycles. The van der Waals surface area contributed by atoms with E-state index in [-0.39, 0.29) is 11.5 Å². The van der Waals surface area contributed by atoms with E-state index in [1.165, 1.54) is 19.2 Å². The summed E-state index contributed by atoms with van der Waals surface area (Å²) in [5.41, 5.74) is 0.974. The fourth-order valence-electron chi connectivity index (χ4n) is 2.96. The number of benzene rings is 2. The summed E-state index contributed by atoms with van der Waals surface area (Å²) in [7, 11) is 1.48. The summed E-state index contributed by atoms with van der Waals surface area (Å²) in [5, 5.41) is 0. The van der Waals surface area contributed by atoms with Crippen LogP contribution in [0, 0.1) is 0 Å². The highest BCUT2D eigenvalue weighted by molar-refractivity contribution is 5.99. The molecule has 0 saturated heterocycles. The average molecular weight is 385 g/mol. The molecule has 2 aromatic carbocycles. The molecule has 7 nitrogen and oxygen atoms in total. The van der Waals surface area contributed by atoms with E-state index in [4.69, 9.17) is 18.9 Å². The van der Waals surface area contributed by atoms with Crippen LogP contribution in [0.2, 0.25) is 0 Å². The van der Waals surface area contributed by atoms with E-state index in [0.29, 0.717) is 37.0 Å². The van der Waals surface area contributed by atoms with Gasteiger partial charge in [-0.3, -0.25) is 4.79 Å². The van der Waals surface area contributed by atoms with E-state index >= 15 is 0 Å². The first-order valence-corrected chi connectivity index (χ1v) is 9.10. The Balaban J connectivity index is 1.76. The normalized spacial score (nSPS) is 13.4. The SMILES string of the molecule is CCN(C(=O)[C@H](C)OC(=O)c1cc(OC)c2c(c1)OCCO2)c1ccccc1. The number of rotatable bonds is 6. The average Bonchev–Trinajstić information content (AvgIpc) is 2.74. The number of hydrogen-bond acceptors (Lipinski definition) is 6. The number of carbonyl (C=O) groups is 2. The van der Waals surface area contributed by atoms with Gasteiger partial charge in [0.15, 0.2) is 17.6 Å². The van der Waals surface area contributed by atoms with Crippen molar-refractivity contribution in [3.63, 3.8) is 0 Å². The predicted octanol–water partition coefficient (Wildman–Crippen LogP) is 3.06. The highest BCUT2D eigenvalue weighted by Crippen LogP contribution is 2.40. The summed E-state index contributed by atoms with van der Waals surface area (Å²) in [4.78, 5) is 27.0. The van der Waals surface area contributed by atoms with Crippen molar-refractivity contribution in [2.75, 3.05) is 31.8 Å². The van der Waals surface area contributed by atoms with Gasteiger partial charge in [-0.25, -0.2) is 4.79 Å². The van der Waals surface area contributed by atoms with Crippen molar-refractivity contribution in [1.82, 2.24) is 0 Å². The first-order valence-electron chi connectivity index (χ1n) is 9.10. The number of para-hydroxylation sites is 1. The third kappa shape index (κ3) is 4.03. The van der Waals surface area contributed by atoms with Crippen molar-refractivity contribution in [3.8, 4) is 17.2 Å². The topological polar surface area (TPSA) is 74.3 Å². The van der Waals surface area contributed by atoms with Crippen molar-refractivity contribution < 1.29 is 28.5 Å². The summed E-state index contributed by atoms with van der Waals surface area (Å²) >= 11 is 0. The summed E-state index contributed by atoms with van der Waals surface area (Å²) in [6, 6.07) is 12.3. The summed E-state index contributed by atoms with van der Waals surface area (Å²) in [5.74, 6) is 0.307. The van der Waals surface area contributed by atoms with Crippen LogP contribution < -0.4 is 19.1 Å². The van der Waals surface area contributed by atoms with Gasteiger partial charge in [0, 0.05) is 12.2 Å². The van der Waals surface area contributed by atoms with Crippen LogP contribution in [0.4, 0.5) is 5.69 Å². The fourth-order valence-corrected chi connectivity index (χ4v) is 2.96. The molecule has 2 aromatic rings. The quantitative estimate of drug-likeness (QED) is 0.712. The number of anilines is 1. The summed E-state index contributed by atoms with van der Waals surface area (Å²) < 4.78 is 21.8. The van der Waals surface area contributed by atoms with E-state index in [1.54, 1.807) is 11.8 Å². The molecule has 3 rings (SSSR count). The molecule has 1 heterocycles. The third-order valence-electron chi connectivity index (χ3n) is 4.35. The standard InChI is InChI=1S/C21H23NO6/c1-4-22(16-8-6-5-7-9-16)20(23)14(2)28-21(24)15-12-17(25-3)19-18(13-15)26-10-11-27-19/h5-9,12-14H,4,10-11H2,1-3H3/t14-/m0/s1. The van der Waals surface area contributed by atoms with Crippen molar-refractivity contribution in [3.05, 3.63) is 48.0 Å². The van der Waals surface area contributed by atoms with Crippen molar-refractivity contribution in [1.29, 1.82) is 0 Å². The van der Waals surface area contributed by atoms with Gasteiger partial charge in [0.1, 0.15) is 13.2 Å². The minimum absolute atomic E-state index is 0.225. The predicted molar refractivity (Wildman–Crippen MR) is 103 cm³/mol. The molecule has 1 atom stereocenters. The number of hydrogen-bond donors (Lipinski definition) is 0. The molecule has 1 amide bonds. The summed E-state index contributed by atoms with van der Waals surface area (Å²) in [6.45, 7) is 4.67. The van der Waals surface area contributed by atoms with Crippen LogP contribution >= 0.6 is 0 Å². The van der Waals surface area contributed by atoms with Crippen LogP contribution in [0.3, 0.4) is 0 Å². The Hall–Kier alpha value is -3.22. The highest BCUT2D eigenvalue weighted by Gasteiger charge is 2.27. The van der Waals surface area contributed by atoms with Crippen LogP contribution in [0.25, 0.3) is 0 Å². The molecule has 0 N–H and O–H groups in total. The molecule has 1 aliphatic rings. The van der Waals surface area contributed by atoms with Gasteiger partial charge >= 0.3 is 5.97 Å². The Labute approximate surface area is 163 Å². The van der Waals surface area contributed by atoms with Gasteiger partial charge in [0.05, 0.1) is 12.7 Å². The van der Waals surface area contributed by atoms with E-state index in [9.17, 15) is 9.59 Å². The largest absolute Gasteiger partial charge is 0.493 e. The lowest BCUT2D eigenvalue weighted by Gasteiger charge is -2.25. The molecule has 0 spiro atoms. The number of esters is 1. The molecular weight excluding hydrogens is 362 g/mol. The monoisotopic (exact) mass is 385 g/mol. The molecule has 0 radical (unpaired) electrons. The van der Waals surface area contributed by atoms with Crippen LogP contribution in [0.15, 0.2) is 42.5 Å². The number of nitrogens with zero attached hydrogens (tertiary/aromatic N) is 1. The van der Waals surface area contributed by atoms with Gasteiger partial charge in [-0.1, -0.05) is 18.2 Å². The molecule has 7 heteroatoms. The van der Waals surface area contributed by atoms with Crippen LogP contribution in [-0.4, -0.2) is 44.8 Å². The first kappa shape index (κ1) is 19.5. The second kappa shape index (κ2) is 8.65. The minimum Gasteiger partial charge on any atom is -0.493 e. The number of amides is 1. The van der Waals surface area contributed by atoms with Crippen molar-refractivity contribution >= 4 is 17.6 Å². The molecule has 28 heavy (non-hydrogen) atoms. The zero-order valence-corrected chi connectivity index (χ0v) is 16.1. The van der Waals surface area contributed by atoms with Crippen molar-refractivity contribution in [2.45, 2.75) is 20.0 Å². The maximum absolute atomic E-state index is 12.8. The highest BCUT2D eigenvalue weighted by atomic mass is 16.6. The number of likely N-dealkylation sites (N-methyl/N-ethyl adjacent to an activating group) is 1. The molecule has 0 aliphatic carbocycles. The Kier molecular flexibility index (Phi) is 6.03. The minimum atomic E-state index is -0.952. The van der Waals surface area contributed by atoms with E-state index in [1.807, 2.05) is 37.3 Å². The third-order valence-corrected chi connectivity index (χ3v) is 4.35. The number of methoxy groups -OCH3 is 1. The van der Waals surface area contributed by atoms with Crippen LogP contribution in [0.1, 0.15) is 24.2 Å². The van der Waals surface area contributed by atoms with Gasteiger partial charge in [0.2, 0.25) is 5.75 Å². The number of ether oxygens (including phenoxy) is 4. The van der Waals surface area contributed by atoms with Crippen LogP contribution in [0.5, 0.6) is 17.2 Å². The first-order chi connectivity index (χ1) is 13.5. The lowest BCUT2D eigenvalue weighted by Crippen LogP contribution is -2.40. The lowest BCUT2D eigenvalue weighted by molar-refractivity contribution is -0.126.